The fraction of sp³-hybridized carbons (Fsp3) is 0.750. The van der Waals surface area contributed by atoms with Gasteiger partial charge in [0.2, 0.25) is 12.4 Å². The van der Waals surface area contributed by atoms with Crippen LogP contribution in [0.1, 0.15) is 20.8 Å². The molecule has 0 bridgehead atoms. The molecule has 0 aromatic rings. The number of hydrogen-bond donors (Lipinski definition) is 0. The van der Waals surface area contributed by atoms with E-state index in [-0.39, 0.29) is 0 Å². The molecule has 14 heteroatoms. The van der Waals surface area contributed by atoms with E-state index in [1.54, 1.807) is 0 Å². The maximum Gasteiger partial charge on any atom is 0.523 e. The van der Waals surface area contributed by atoms with Gasteiger partial charge in [0.1, 0.15) is 6.10 Å². The predicted molar refractivity (Wildman–Crippen MR) is 72.5 cm³/mol. The van der Waals surface area contributed by atoms with E-state index >= 15 is 0 Å². The van der Waals surface area contributed by atoms with Gasteiger partial charge in [0.05, 0.1) is 6.61 Å². The SMILES string of the molecule is CC(=O)OC1O[C@H](COS(=O)(=O)C(F)(F)F)[C@@H](OC(C)=O)[C@H]1OC(C)=O. The van der Waals surface area contributed by atoms with Gasteiger partial charge >= 0.3 is 33.5 Å². The average Bonchev–Trinajstić information content (AvgIpc) is 2.71. The van der Waals surface area contributed by atoms with Crippen LogP contribution in [0.5, 0.6) is 0 Å². The van der Waals surface area contributed by atoms with Gasteiger partial charge in [-0.15, -0.1) is 0 Å². The molecule has 0 spiro atoms. The molecule has 0 amide bonds. The first kappa shape index (κ1) is 22.1. The molecule has 1 aliphatic heterocycles. The average molecular weight is 408 g/mol. The van der Waals surface area contributed by atoms with Gasteiger partial charge in [-0.2, -0.15) is 21.6 Å². The molecule has 10 nitrogen and oxygen atoms in total. The monoisotopic (exact) mass is 408 g/mol. The van der Waals surface area contributed by atoms with Crippen molar-refractivity contribution in [2.24, 2.45) is 0 Å². The minimum Gasteiger partial charge on any atom is -0.455 e. The largest absolute Gasteiger partial charge is 0.523 e. The van der Waals surface area contributed by atoms with Crippen LogP contribution in [0.4, 0.5) is 13.2 Å². The summed E-state index contributed by atoms with van der Waals surface area (Å²) in [5.41, 5.74) is -5.69. The Balaban J connectivity index is 3.04. The number of esters is 3. The Labute approximate surface area is 145 Å². The van der Waals surface area contributed by atoms with Crippen LogP contribution >= 0.6 is 0 Å². The van der Waals surface area contributed by atoms with Gasteiger partial charge < -0.3 is 18.9 Å². The zero-order valence-electron chi connectivity index (χ0n) is 13.6. The van der Waals surface area contributed by atoms with E-state index in [1.807, 2.05) is 0 Å². The molecular weight excluding hydrogens is 393 g/mol. The first-order valence-electron chi connectivity index (χ1n) is 6.87. The topological polar surface area (TPSA) is 132 Å². The second-order valence-corrected chi connectivity index (χ2v) is 6.59. The van der Waals surface area contributed by atoms with E-state index in [0.29, 0.717) is 0 Å². The Bertz CT molecular complexity index is 659. The van der Waals surface area contributed by atoms with E-state index in [4.69, 9.17) is 18.9 Å². The molecular formula is C12H15F3O10S. The first-order valence-corrected chi connectivity index (χ1v) is 8.28. The number of alkyl halides is 3. The number of ether oxygens (including phenoxy) is 4. The Hall–Kier alpha value is -1.93. The van der Waals surface area contributed by atoms with Crippen LogP contribution in [-0.2, 0) is 47.6 Å². The summed E-state index contributed by atoms with van der Waals surface area (Å²) in [7, 11) is -5.95. The summed E-state index contributed by atoms with van der Waals surface area (Å²) in [5.74, 6) is -2.75. The molecule has 1 fully saturated rings. The summed E-state index contributed by atoms with van der Waals surface area (Å²) >= 11 is 0. The van der Waals surface area contributed by atoms with Crippen molar-refractivity contribution in [2.75, 3.05) is 6.61 Å². The quantitative estimate of drug-likeness (QED) is 0.256. The van der Waals surface area contributed by atoms with Gasteiger partial charge in [0, 0.05) is 20.8 Å². The van der Waals surface area contributed by atoms with Crippen LogP contribution in [0.2, 0.25) is 0 Å². The number of rotatable bonds is 6. The Morgan fingerprint density at radius 2 is 1.38 bits per heavy atom. The molecule has 1 aliphatic rings. The second kappa shape index (κ2) is 8.18. The van der Waals surface area contributed by atoms with Crippen molar-refractivity contribution in [1.29, 1.82) is 0 Å². The number of carbonyl (C=O) groups is 3. The third-order valence-corrected chi connectivity index (χ3v) is 3.84. The lowest BCUT2D eigenvalue weighted by atomic mass is 10.1. The summed E-state index contributed by atoms with van der Waals surface area (Å²) in [6.07, 6.45) is -6.40. The van der Waals surface area contributed by atoms with Gasteiger partial charge in [-0.3, -0.25) is 18.6 Å². The molecule has 150 valence electrons. The minimum atomic E-state index is -5.95. The molecule has 0 radical (unpaired) electrons. The van der Waals surface area contributed by atoms with Gasteiger partial charge in [0.15, 0.2) is 6.10 Å². The number of hydrogen-bond acceptors (Lipinski definition) is 10. The van der Waals surface area contributed by atoms with Crippen molar-refractivity contribution < 1.29 is 59.1 Å². The molecule has 26 heavy (non-hydrogen) atoms. The third-order valence-electron chi connectivity index (χ3n) is 2.82. The van der Waals surface area contributed by atoms with Gasteiger partial charge in [-0.05, 0) is 0 Å². The fourth-order valence-corrected chi connectivity index (χ4v) is 2.41. The minimum absolute atomic E-state index is 0.904. The van der Waals surface area contributed by atoms with E-state index in [1.165, 1.54) is 0 Å². The van der Waals surface area contributed by atoms with Gasteiger partial charge in [-0.1, -0.05) is 0 Å². The highest BCUT2D eigenvalue weighted by molar-refractivity contribution is 7.87. The molecule has 0 N–H and O–H groups in total. The van der Waals surface area contributed by atoms with Crippen molar-refractivity contribution in [3.8, 4) is 0 Å². The molecule has 0 aromatic carbocycles. The highest BCUT2D eigenvalue weighted by Gasteiger charge is 2.53. The van der Waals surface area contributed by atoms with Crippen LogP contribution in [0.25, 0.3) is 0 Å². The van der Waals surface area contributed by atoms with Gasteiger partial charge in [0.25, 0.3) is 0 Å². The van der Waals surface area contributed by atoms with E-state index < -0.39 is 64.7 Å². The summed E-state index contributed by atoms with van der Waals surface area (Å²) in [6, 6.07) is 0. The lowest BCUT2D eigenvalue weighted by molar-refractivity contribution is -0.196. The van der Waals surface area contributed by atoms with Crippen LogP contribution in [0.15, 0.2) is 0 Å². The van der Waals surface area contributed by atoms with Crippen LogP contribution in [0.3, 0.4) is 0 Å². The molecule has 4 atom stereocenters. The lowest BCUT2D eigenvalue weighted by Gasteiger charge is -2.22. The molecule has 0 aliphatic carbocycles. The second-order valence-electron chi connectivity index (χ2n) is 4.98. The van der Waals surface area contributed by atoms with Crippen LogP contribution in [0, 0.1) is 0 Å². The maximum atomic E-state index is 12.3. The zero-order valence-corrected chi connectivity index (χ0v) is 14.5. The predicted octanol–water partition coefficient (Wildman–Crippen LogP) is 0.00400. The van der Waals surface area contributed by atoms with Crippen molar-refractivity contribution in [3.63, 3.8) is 0 Å². The smallest absolute Gasteiger partial charge is 0.455 e. The Morgan fingerprint density at radius 1 is 0.923 bits per heavy atom. The Morgan fingerprint density at radius 3 is 1.81 bits per heavy atom. The number of carbonyl (C=O) groups excluding carboxylic acids is 3. The molecule has 1 unspecified atom stereocenters. The summed E-state index contributed by atoms with van der Waals surface area (Å²) in [5, 5.41) is 0. The van der Waals surface area contributed by atoms with Crippen LogP contribution < -0.4 is 0 Å². The van der Waals surface area contributed by atoms with E-state index in [0.717, 1.165) is 20.8 Å². The first-order chi connectivity index (χ1) is 11.7. The molecule has 1 rings (SSSR count). The summed E-state index contributed by atoms with van der Waals surface area (Å²) in [4.78, 5) is 33.5. The maximum absolute atomic E-state index is 12.3. The highest BCUT2D eigenvalue weighted by Crippen LogP contribution is 2.30. The van der Waals surface area contributed by atoms with E-state index in [9.17, 15) is 36.0 Å². The van der Waals surface area contributed by atoms with Crippen molar-refractivity contribution in [3.05, 3.63) is 0 Å². The standard InChI is InChI=1S/C12H15F3O10S/c1-5(16)22-9-8(4-21-26(19,20)12(13,14)15)25-11(24-7(3)18)10(9)23-6(2)17/h8-11H,4H2,1-3H3/t8-,9-,10-,11?/m1/s1. The Kier molecular flexibility index (Phi) is 6.95. The molecule has 1 saturated heterocycles. The molecule has 0 saturated carbocycles. The van der Waals surface area contributed by atoms with Crippen LogP contribution in [-0.4, -0.2) is 63.0 Å². The third kappa shape index (κ3) is 5.81. The summed E-state index contributed by atoms with van der Waals surface area (Å²) < 4.78 is 82.2. The van der Waals surface area contributed by atoms with Crippen molar-refractivity contribution in [2.45, 2.75) is 50.9 Å². The molecule has 0 aromatic heterocycles. The lowest BCUT2D eigenvalue weighted by Crippen LogP contribution is -2.42. The van der Waals surface area contributed by atoms with Crippen molar-refractivity contribution >= 4 is 28.0 Å². The fourth-order valence-electron chi connectivity index (χ4n) is 1.96. The highest BCUT2D eigenvalue weighted by atomic mass is 32.2. The normalized spacial score (nSPS) is 26.2. The summed E-state index contributed by atoms with van der Waals surface area (Å²) in [6.45, 7) is 1.63. The zero-order chi connectivity index (χ0) is 20.3. The van der Waals surface area contributed by atoms with E-state index in [2.05, 4.69) is 4.18 Å². The van der Waals surface area contributed by atoms with Crippen molar-refractivity contribution in [1.82, 2.24) is 0 Å². The molecule has 1 heterocycles. The number of halogens is 3. The van der Waals surface area contributed by atoms with Gasteiger partial charge in [-0.25, -0.2) is 0 Å².